The lowest BCUT2D eigenvalue weighted by atomic mass is 10.4. The van der Waals surface area contributed by atoms with Crippen LogP contribution < -0.4 is 10.0 Å². The molecule has 0 aromatic carbocycles. The molecule has 2 aromatic rings. The fourth-order valence-electron chi connectivity index (χ4n) is 1.64. The van der Waals surface area contributed by atoms with Crippen molar-refractivity contribution in [3.63, 3.8) is 0 Å². The lowest BCUT2D eigenvalue weighted by molar-refractivity contribution is 0.581. The first-order chi connectivity index (χ1) is 9.51. The van der Waals surface area contributed by atoms with Gasteiger partial charge in [0.1, 0.15) is 4.21 Å². The van der Waals surface area contributed by atoms with E-state index < -0.39 is 10.0 Å². The Morgan fingerprint density at radius 3 is 2.75 bits per heavy atom. The fraction of sp³-hybridized carbons (Fsp3) is 0.417. The molecule has 0 spiro atoms. The van der Waals surface area contributed by atoms with E-state index in [1.807, 2.05) is 13.0 Å². The van der Waals surface area contributed by atoms with Crippen molar-refractivity contribution in [2.45, 2.75) is 24.2 Å². The highest BCUT2D eigenvalue weighted by atomic mass is 32.2. The summed E-state index contributed by atoms with van der Waals surface area (Å²) >= 11 is 1.28. The van der Waals surface area contributed by atoms with Crippen molar-refractivity contribution in [1.29, 1.82) is 0 Å². The molecule has 0 bridgehead atoms. The minimum atomic E-state index is -3.46. The molecule has 0 unspecified atom stereocenters. The highest BCUT2D eigenvalue weighted by Gasteiger charge is 2.16. The molecule has 6 nitrogen and oxygen atoms in total. The van der Waals surface area contributed by atoms with E-state index in [1.54, 1.807) is 30.1 Å². The SMILES string of the molecule is CCNCc1ccc(S(=O)(=O)NCc2ccn(C)n2)s1. The van der Waals surface area contributed by atoms with Crippen molar-refractivity contribution in [1.82, 2.24) is 19.8 Å². The van der Waals surface area contributed by atoms with Gasteiger partial charge in [0.25, 0.3) is 0 Å². The number of nitrogens with zero attached hydrogens (tertiary/aromatic N) is 2. The molecule has 0 fully saturated rings. The summed E-state index contributed by atoms with van der Waals surface area (Å²) in [6.07, 6.45) is 1.78. The zero-order valence-corrected chi connectivity index (χ0v) is 13.1. The number of hydrogen-bond acceptors (Lipinski definition) is 5. The van der Waals surface area contributed by atoms with Crippen molar-refractivity contribution in [3.8, 4) is 0 Å². The zero-order valence-electron chi connectivity index (χ0n) is 11.5. The Kier molecular flexibility index (Phi) is 4.92. The minimum absolute atomic E-state index is 0.198. The summed E-state index contributed by atoms with van der Waals surface area (Å²) in [5.41, 5.74) is 0.695. The standard InChI is InChI=1S/C12H18N4O2S2/c1-3-13-9-11-4-5-12(19-11)20(17,18)14-8-10-6-7-16(2)15-10/h4-7,13-14H,3,8-9H2,1-2H3. The number of thiophene rings is 1. The van der Waals surface area contributed by atoms with Crippen LogP contribution in [-0.4, -0.2) is 24.7 Å². The Labute approximate surface area is 122 Å². The molecule has 20 heavy (non-hydrogen) atoms. The van der Waals surface area contributed by atoms with Gasteiger partial charge in [0.05, 0.1) is 12.2 Å². The molecular weight excluding hydrogens is 296 g/mol. The Morgan fingerprint density at radius 1 is 1.30 bits per heavy atom. The average Bonchev–Trinajstić information content (AvgIpc) is 3.03. The molecule has 0 radical (unpaired) electrons. The Balaban J connectivity index is 2.00. The number of sulfonamides is 1. The average molecular weight is 314 g/mol. The van der Waals surface area contributed by atoms with Gasteiger partial charge in [-0.2, -0.15) is 5.10 Å². The van der Waals surface area contributed by atoms with Gasteiger partial charge in [-0.15, -0.1) is 11.3 Å². The van der Waals surface area contributed by atoms with Crippen molar-refractivity contribution < 1.29 is 8.42 Å². The Hall–Kier alpha value is -1.22. The Morgan fingerprint density at radius 2 is 2.10 bits per heavy atom. The maximum absolute atomic E-state index is 12.1. The van der Waals surface area contributed by atoms with Crippen LogP contribution in [0.2, 0.25) is 0 Å². The third kappa shape index (κ3) is 3.89. The van der Waals surface area contributed by atoms with Crippen LogP contribution >= 0.6 is 11.3 Å². The van der Waals surface area contributed by atoms with Crippen LogP contribution in [0.25, 0.3) is 0 Å². The molecule has 8 heteroatoms. The highest BCUT2D eigenvalue weighted by Crippen LogP contribution is 2.21. The first kappa shape index (κ1) is 15.2. The van der Waals surface area contributed by atoms with Crippen LogP contribution in [0.1, 0.15) is 17.5 Å². The van der Waals surface area contributed by atoms with Gasteiger partial charge in [0.15, 0.2) is 0 Å². The van der Waals surface area contributed by atoms with Crippen molar-refractivity contribution in [2.24, 2.45) is 7.05 Å². The summed E-state index contributed by atoms with van der Waals surface area (Å²) in [4.78, 5) is 1.00. The second-order valence-corrected chi connectivity index (χ2v) is 7.47. The first-order valence-electron chi connectivity index (χ1n) is 6.29. The number of hydrogen-bond donors (Lipinski definition) is 2. The quantitative estimate of drug-likeness (QED) is 0.801. The second kappa shape index (κ2) is 6.49. The van der Waals surface area contributed by atoms with Crippen LogP contribution in [0.15, 0.2) is 28.6 Å². The van der Waals surface area contributed by atoms with Gasteiger partial charge < -0.3 is 5.32 Å². The molecule has 0 aliphatic carbocycles. The molecule has 2 N–H and O–H groups in total. The van der Waals surface area contributed by atoms with Gasteiger partial charge in [-0.05, 0) is 24.7 Å². The number of aromatic nitrogens is 2. The van der Waals surface area contributed by atoms with E-state index in [9.17, 15) is 8.42 Å². The molecule has 2 rings (SSSR count). The first-order valence-corrected chi connectivity index (χ1v) is 8.59. The van der Waals surface area contributed by atoms with Gasteiger partial charge in [0.2, 0.25) is 10.0 Å². The number of rotatable bonds is 7. The summed E-state index contributed by atoms with van der Waals surface area (Å²) in [5, 5.41) is 7.31. The summed E-state index contributed by atoms with van der Waals surface area (Å²) < 4.78 is 28.8. The summed E-state index contributed by atoms with van der Waals surface area (Å²) in [5.74, 6) is 0. The third-order valence-corrected chi connectivity index (χ3v) is 5.64. The maximum Gasteiger partial charge on any atom is 0.250 e. The van der Waals surface area contributed by atoms with E-state index in [4.69, 9.17) is 0 Å². The summed E-state index contributed by atoms with van der Waals surface area (Å²) in [6, 6.07) is 5.26. The fourth-order valence-corrected chi connectivity index (χ4v) is 4.01. The normalized spacial score (nSPS) is 11.9. The van der Waals surface area contributed by atoms with E-state index >= 15 is 0 Å². The lowest BCUT2D eigenvalue weighted by Crippen LogP contribution is -2.22. The molecule has 0 saturated carbocycles. The van der Waals surface area contributed by atoms with Crippen molar-refractivity contribution in [3.05, 3.63) is 35.0 Å². The summed E-state index contributed by atoms with van der Waals surface area (Å²) in [7, 11) is -1.67. The predicted octanol–water partition coefficient (Wildman–Crippen LogP) is 1.07. The van der Waals surface area contributed by atoms with E-state index in [-0.39, 0.29) is 6.54 Å². The molecule has 0 aliphatic rings. The smallest absolute Gasteiger partial charge is 0.250 e. The molecule has 0 amide bonds. The van der Waals surface area contributed by atoms with Crippen LogP contribution in [0.5, 0.6) is 0 Å². The monoisotopic (exact) mass is 314 g/mol. The van der Waals surface area contributed by atoms with Crippen LogP contribution in [0.3, 0.4) is 0 Å². The van der Waals surface area contributed by atoms with Gasteiger partial charge in [-0.3, -0.25) is 4.68 Å². The maximum atomic E-state index is 12.1. The van der Waals surface area contributed by atoms with Gasteiger partial charge in [-0.25, -0.2) is 13.1 Å². The number of aryl methyl sites for hydroxylation is 1. The third-order valence-electron chi connectivity index (χ3n) is 2.66. The molecule has 0 saturated heterocycles. The second-order valence-electron chi connectivity index (χ2n) is 4.31. The van der Waals surface area contributed by atoms with E-state index in [0.717, 1.165) is 11.4 Å². The Bertz CT molecular complexity index is 661. The van der Waals surface area contributed by atoms with E-state index in [2.05, 4.69) is 15.1 Å². The summed E-state index contributed by atoms with van der Waals surface area (Å²) in [6.45, 7) is 3.76. The van der Waals surface area contributed by atoms with Crippen LogP contribution in [0.4, 0.5) is 0 Å². The number of nitrogens with one attached hydrogen (secondary N) is 2. The molecule has 0 atom stereocenters. The predicted molar refractivity (Wildman–Crippen MR) is 78.9 cm³/mol. The molecular formula is C12H18N4O2S2. The zero-order chi connectivity index (χ0) is 14.6. The molecule has 0 aliphatic heterocycles. The molecule has 2 heterocycles. The van der Waals surface area contributed by atoms with Crippen molar-refractivity contribution >= 4 is 21.4 Å². The minimum Gasteiger partial charge on any atom is -0.312 e. The molecule has 2 aromatic heterocycles. The van der Waals surface area contributed by atoms with E-state index in [0.29, 0.717) is 16.4 Å². The molecule has 110 valence electrons. The van der Waals surface area contributed by atoms with E-state index in [1.165, 1.54) is 11.3 Å². The largest absolute Gasteiger partial charge is 0.312 e. The van der Waals surface area contributed by atoms with Crippen LogP contribution in [0, 0.1) is 0 Å². The van der Waals surface area contributed by atoms with Gasteiger partial charge in [-0.1, -0.05) is 6.92 Å². The topological polar surface area (TPSA) is 76.0 Å². The van der Waals surface area contributed by atoms with Crippen molar-refractivity contribution in [2.75, 3.05) is 6.54 Å². The van der Waals surface area contributed by atoms with Gasteiger partial charge >= 0.3 is 0 Å². The lowest BCUT2D eigenvalue weighted by Gasteiger charge is -2.02. The van der Waals surface area contributed by atoms with Crippen LogP contribution in [-0.2, 0) is 30.2 Å². The van der Waals surface area contributed by atoms with Gasteiger partial charge in [0, 0.05) is 24.7 Å². The highest BCUT2D eigenvalue weighted by molar-refractivity contribution is 7.91.